The molecule has 0 aromatic heterocycles. The third-order valence-electron chi connectivity index (χ3n) is 5.53. The molecule has 0 aromatic carbocycles. The lowest BCUT2D eigenvalue weighted by molar-refractivity contribution is -0.144. The Hall–Kier alpha value is 0.1000. The van der Waals surface area contributed by atoms with Gasteiger partial charge in [-0.2, -0.15) is 24.9 Å². The molecule has 27 heavy (non-hydrogen) atoms. The van der Waals surface area contributed by atoms with Crippen LogP contribution in [0, 0.1) is 5.92 Å². The van der Waals surface area contributed by atoms with E-state index in [0.717, 1.165) is 37.9 Å². The quantitative estimate of drug-likeness (QED) is 0.209. The molecule has 164 valence electrons. The van der Waals surface area contributed by atoms with Gasteiger partial charge in [0, 0.05) is 13.0 Å². The fraction of sp³-hybridized carbons (Fsp3) is 1.00. The minimum Gasteiger partial charge on any atom is -0.375 e. The van der Waals surface area contributed by atoms with Gasteiger partial charge in [0.05, 0.1) is 5.60 Å². The zero-order valence-electron chi connectivity index (χ0n) is 18.1. The molecule has 0 saturated heterocycles. The van der Waals surface area contributed by atoms with Crippen molar-refractivity contribution in [1.82, 2.24) is 0 Å². The van der Waals surface area contributed by atoms with Crippen LogP contribution in [0.25, 0.3) is 0 Å². The van der Waals surface area contributed by atoms with Gasteiger partial charge >= 0.3 is 6.18 Å². The number of halogens is 3. The lowest BCUT2D eigenvalue weighted by Gasteiger charge is -2.42. The fourth-order valence-corrected chi connectivity index (χ4v) is 4.62. The van der Waals surface area contributed by atoms with Crippen LogP contribution in [-0.4, -0.2) is 30.4 Å². The molecule has 0 aliphatic carbocycles. The summed E-state index contributed by atoms with van der Waals surface area (Å²) in [5.74, 6) is 1.33. The number of rotatable bonds is 18. The van der Waals surface area contributed by atoms with E-state index in [1.165, 1.54) is 32.1 Å². The fourth-order valence-electron chi connectivity index (χ4n) is 4.07. The number of hydrogen-bond donors (Lipinski definition) is 0. The molecule has 1 nitrogen and oxygen atoms in total. The maximum Gasteiger partial charge on any atom is 0.389 e. The van der Waals surface area contributed by atoms with Crippen molar-refractivity contribution < 1.29 is 17.9 Å². The molecule has 0 heterocycles. The summed E-state index contributed by atoms with van der Waals surface area (Å²) < 4.78 is 44.6. The predicted molar refractivity (Wildman–Crippen MR) is 114 cm³/mol. The van der Waals surface area contributed by atoms with Gasteiger partial charge in [0.2, 0.25) is 0 Å². The molecule has 0 bridgehead atoms. The summed E-state index contributed by atoms with van der Waals surface area (Å²) in [5.41, 5.74) is -0.386. The van der Waals surface area contributed by atoms with E-state index < -0.39 is 12.6 Å². The highest BCUT2D eigenvalue weighted by molar-refractivity contribution is 7.98. The first-order valence-electron chi connectivity index (χ1n) is 11.0. The molecule has 2 atom stereocenters. The molecule has 0 fully saturated rings. The van der Waals surface area contributed by atoms with Gasteiger partial charge in [-0.1, -0.05) is 58.8 Å². The van der Waals surface area contributed by atoms with Crippen molar-refractivity contribution in [2.24, 2.45) is 5.92 Å². The zero-order chi connectivity index (χ0) is 20.6. The van der Waals surface area contributed by atoms with E-state index in [1.807, 2.05) is 6.92 Å². The Morgan fingerprint density at radius 2 is 1.37 bits per heavy atom. The van der Waals surface area contributed by atoms with E-state index >= 15 is 0 Å². The van der Waals surface area contributed by atoms with Crippen LogP contribution in [0.2, 0.25) is 0 Å². The van der Waals surface area contributed by atoms with E-state index in [2.05, 4.69) is 20.1 Å². The molecular weight excluding hydrogens is 369 g/mol. The second kappa shape index (κ2) is 16.0. The summed E-state index contributed by atoms with van der Waals surface area (Å²) in [6.45, 7) is 6.97. The predicted octanol–water partition coefficient (Wildman–Crippen LogP) is 8.41. The standard InChI is InChI=1S/C22H43F3OS/c1-5-8-10-12-15-20(14-11-9-6-2)21(26-7-3,18-19-27-4)16-13-17-22(23,24)25/h20H,5-19H2,1-4H3. The van der Waals surface area contributed by atoms with Gasteiger partial charge in [0.15, 0.2) is 0 Å². The molecule has 0 amide bonds. The Kier molecular flexibility index (Phi) is 16.0. The number of hydrogen-bond acceptors (Lipinski definition) is 2. The second-order valence-electron chi connectivity index (χ2n) is 7.75. The molecule has 0 aliphatic heterocycles. The molecule has 0 spiro atoms. The molecule has 0 aromatic rings. The van der Waals surface area contributed by atoms with Crippen LogP contribution in [0.4, 0.5) is 13.2 Å². The van der Waals surface area contributed by atoms with Crippen LogP contribution in [0.5, 0.6) is 0 Å². The van der Waals surface area contributed by atoms with E-state index in [9.17, 15) is 13.2 Å². The van der Waals surface area contributed by atoms with Crippen molar-refractivity contribution in [3.63, 3.8) is 0 Å². The van der Waals surface area contributed by atoms with Crippen LogP contribution in [0.15, 0.2) is 0 Å². The summed E-state index contributed by atoms with van der Waals surface area (Å²) in [7, 11) is 0. The van der Waals surface area contributed by atoms with Crippen molar-refractivity contribution >= 4 is 11.8 Å². The molecule has 0 rings (SSSR count). The normalized spacial score (nSPS) is 15.7. The monoisotopic (exact) mass is 412 g/mol. The van der Waals surface area contributed by atoms with Crippen LogP contribution >= 0.6 is 11.8 Å². The van der Waals surface area contributed by atoms with Gasteiger partial charge in [0.1, 0.15) is 0 Å². The molecule has 0 radical (unpaired) electrons. The molecular formula is C22H43F3OS. The maximum absolute atomic E-state index is 12.8. The van der Waals surface area contributed by atoms with E-state index in [1.54, 1.807) is 11.8 Å². The highest BCUT2D eigenvalue weighted by Gasteiger charge is 2.39. The van der Waals surface area contributed by atoms with Gasteiger partial charge in [-0.05, 0) is 57.0 Å². The average Bonchev–Trinajstić information content (AvgIpc) is 2.60. The summed E-state index contributed by atoms with van der Waals surface area (Å²) in [6, 6.07) is 0. The molecule has 2 unspecified atom stereocenters. The summed E-state index contributed by atoms with van der Waals surface area (Å²) in [4.78, 5) is 0. The molecule has 0 aliphatic rings. The van der Waals surface area contributed by atoms with Crippen molar-refractivity contribution in [3.8, 4) is 0 Å². The van der Waals surface area contributed by atoms with Crippen molar-refractivity contribution in [2.75, 3.05) is 18.6 Å². The highest BCUT2D eigenvalue weighted by Crippen LogP contribution is 2.40. The first-order chi connectivity index (χ1) is 12.8. The molecule has 5 heteroatoms. The van der Waals surface area contributed by atoms with E-state index in [-0.39, 0.29) is 12.0 Å². The number of unbranched alkanes of at least 4 members (excludes halogenated alkanes) is 5. The Morgan fingerprint density at radius 3 is 1.89 bits per heavy atom. The SMILES string of the molecule is CCCCCCC(CCCCC)C(CCCC(F)(F)F)(CCSC)OCC. The van der Waals surface area contributed by atoms with Gasteiger partial charge in [-0.25, -0.2) is 0 Å². The minimum absolute atomic E-state index is 0.178. The number of thioether (sulfide) groups is 1. The van der Waals surface area contributed by atoms with E-state index in [0.29, 0.717) is 18.9 Å². The zero-order valence-corrected chi connectivity index (χ0v) is 19.0. The van der Waals surface area contributed by atoms with E-state index in [4.69, 9.17) is 4.74 Å². The minimum atomic E-state index is -4.07. The number of alkyl halides is 3. The van der Waals surface area contributed by atoms with Crippen LogP contribution < -0.4 is 0 Å². The lowest BCUT2D eigenvalue weighted by Crippen LogP contribution is -2.42. The summed E-state index contributed by atoms with van der Waals surface area (Å²) >= 11 is 1.77. The van der Waals surface area contributed by atoms with Gasteiger partial charge in [-0.15, -0.1) is 0 Å². The Bertz CT molecular complexity index is 336. The highest BCUT2D eigenvalue weighted by atomic mass is 32.2. The Labute approximate surface area is 170 Å². The summed E-state index contributed by atoms with van der Waals surface area (Å²) in [5, 5.41) is 0. The van der Waals surface area contributed by atoms with Crippen LogP contribution in [-0.2, 0) is 4.74 Å². The van der Waals surface area contributed by atoms with Gasteiger partial charge in [0.25, 0.3) is 0 Å². The Balaban J connectivity index is 5.25. The maximum atomic E-state index is 12.8. The average molecular weight is 413 g/mol. The number of ether oxygens (including phenoxy) is 1. The van der Waals surface area contributed by atoms with Crippen LogP contribution in [0.1, 0.15) is 104 Å². The first-order valence-corrected chi connectivity index (χ1v) is 12.4. The molecule has 0 saturated carbocycles. The van der Waals surface area contributed by atoms with Gasteiger partial charge in [-0.3, -0.25) is 0 Å². The third-order valence-corrected chi connectivity index (χ3v) is 6.14. The smallest absolute Gasteiger partial charge is 0.375 e. The summed E-state index contributed by atoms with van der Waals surface area (Å²) in [6.07, 6.45) is 9.39. The first kappa shape index (κ1) is 27.1. The van der Waals surface area contributed by atoms with Gasteiger partial charge < -0.3 is 4.74 Å². The largest absolute Gasteiger partial charge is 0.389 e. The topological polar surface area (TPSA) is 9.23 Å². The Morgan fingerprint density at radius 1 is 0.778 bits per heavy atom. The second-order valence-corrected chi connectivity index (χ2v) is 8.74. The lowest BCUT2D eigenvalue weighted by atomic mass is 9.75. The molecule has 0 N–H and O–H groups in total. The van der Waals surface area contributed by atoms with Crippen LogP contribution in [0.3, 0.4) is 0 Å². The van der Waals surface area contributed by atoms with Crippen molar-refractivity contribution in [1.29, 1.82) is 0 Å². The van der Waals surface area contributed by atoms with Crippen molar-refractivity contribution in [3.05, 3.63) is 0 Å². The third kappa shape index (κ3) is 13.0. The van der Waals surface area contributed by atoms with Crippen molar-refractivity contribution in [2.45, 2.75) is 116 Å².